The monoisotopic (exact) mass is 413 g/mol. The fourth-order valence-electron chi connectivity index (χ4n) is 2.41. The number of hydrogen-bond donors (Lipinski definition) is 1. The predicted octanol–water partition coefficient (Wildman–Crippen LogP) is 2.60. The number of benzene rings is 2. The number of nitrogens with zero attached hydrogens (tertiary/aromatic N) is 4. The lowest BCUT2D eigenvalue weighted by Crippen LogP contribution is -2.29. The molecular formula is C16H14F3N5O3S. The SMILES string of the molecule is CC(NS(=O)(=O)c1cccc(OC(F)(F)F)c1)c1nnnn1-c1ccccc1. The van der Waals surface area contributed by atoms with E-state index in [0.717, 1.165) is 24.3 Å². The fourth-order valence-corrected chi connectivity index (χ4v) is 3.65. The highest BCUT2D eigenvalue weighted by atomic mass is 32.2. The molecule has 28 heavy (non-hydrogen) atoms. The van der Waals surface area contributed by atoms with Crippen LogP contribution >= 0.6 is 0 Å². The van der Waals surface area contributed by atoms with E-state index in [2.05, 4.69) is 25.0 Å². The molecule has 0 aliphatic rings. The van der Waals surface area contributed by atoms with Crippen LogP contribution < -0.4 is 9.46 Å². The average Bonchev–Trinajstić information content (AvgIpc) is 3.11. The lowest BCUT2D eigenvalue weighted by atomic mass is 10.3. The number of tetrazole rings is 1. The molecule has 0 spiro atoms. The zero-order chi connectivity index (χ0) is 20.4. The Balaban J connectivity index is 1.84. The maximum Gasteiger partial charge on any atom is 0.573 e. The van der Waals surface area contributed by atoms with Gasteiger partial charge >= 0.3 is 6.36 Å². The lowest BCUT2D eigenvalue weighted by Gasteiger charge is -2.15. The molecule has 3 rings (SSSR count). The highest BCUT2D eigenvalue weighted by Crippen LogP contribution is 2.25. The zero-order valence-corrected chi connectivity index (χ0v) is 15.1. The molecule has 0 saturated heterocycles. The molecule has 1 atom stereocenters. The second-order valence-electron chi connectivity index (χ2n) is 5.65. The van der Waals surface area contributed by atoms with E-state index in [0.29, 0.717) is 5.69 Å². The summed E-state index contributed by atoms with van der Waals surface area (Å²) >= 11 is 0. The maximum absolute atomic E-state index is 12.6. The van der Waals surface area contributed by atoms with E-state index >= 15 is 0 Å². The molecule has 0 aliphatic carbocycles. The van der Waals surface area contributed by atoms with Crippen LogP contribution in [0.1, 0.15) is 18.8 Å². The molecule has 148 valence electrons. The average molecular weight is 413 g/mol. The van der Waals surface area contributed by atoms with E-state index in [1.165, 1.54) is 11.6 Å². The van der Waals surface area contributed by atoms with Crippen LogP contribution in [0.3, 0.4) is 0 Å². The van der Waals surface area contributed by atoms with E-state index in [1.807, 2.05) is 0 Å². The first kappa shape index (κ1) is 19.8. The van der Waals surface area contributed by atoms with Crippen molar-refractivity contribution in [2.45, 2.75) is 24.2 Å². The minimum atomic E-state index is -4.93. The number of nitrogens with one attached hydrogen (secondary N) is 1. The van der Waals surface area contributed by atoms with Crippen molar-refractivity contribution in [3.63, 3.8) is 0 Å². The Bertz CT molecular complexity index is 1050. The van der Waals surface area contributed by atoms with Gasteiger partial charge < -0.3 is 4.74 Å². The molecule has 1 heterocycles. The van der Waals surface area contributed by atoms with Crippen molar-refractivity contribution in [1.82, 2.24) is 24.9 Å². The predicted molar refractivity (Wildman–Crippen MR) is 91.0 cm³/mol. The van der Waals surface area contributed by atoms with Gasteiger partial charge in [0, 0.05) is 6.07 Å². The second-order valence-corrected chi connectivity index (χ2v) is 7.36. The van der Waals surface area contributed by atoms with Crippen molar-refractivity contribution in [1.29, 1.82) is 0 Å². The molecule has 1 unspecified atom stereocenters. The Morgan fingerprint density at radius 2 is 1.82 bits per heavy atom. The smallest absolute Gasteiger partial charge is 0.406 e. The van der Waals surface area contributed by atoms with E-state index in [1.54, 1.807) is 30.3 Å². The number of aromatic nitrogens is 4. The Hall–Kier alpha value is -2.99. The number of halogens is 3. The molecule has 2 aromatic carbocycles. The van der Waals surface area contributed by atoms with Gasteiger partial charge in [0.1, 0.15) is 5.75 Å². The second kappa shape index (κ2) is 7.56. The van der Waals surface area contributed by atoms with Gasteiger partial charge in [-0.1, -0.05) is 24.3 Å². The van der Waals surface area contributed by atoms with Crippen LogP contribution in [0.4, 0.5) is 13.2 Å². The van der Waals surface area contributed by atoms with Crippen LogP contribution in [0.15, 0.2) is 59.5 Å². The first-order valence-electron chi connectivity index (χ1n) is 7.87. The van der Waals surface area contributed by atoms with E-state index in [-0.39, 0.29) is 10.7 Å². The molecular weight excluding hydrogens is 399 g/mol. The molecule has 1 N–H and O–H groups in total. The van der Waals surface area contributed by atoms with E-state index in [4.69, 9.17) is 0 Å². The third kappa shape index (κ3) is 4.64. The minimum absolute atomic E-state index is 0.206. The van der Waals surface area contributed by atoms with Crippen LogP contribution in [0.5, 0.6) is 5.75 Å². The van der Waals surface area contributed by atoms with Crippen LogP contribution in [-0.2, 0) is 10.0 Å². The first-order chi connectivity index (χ1) is 13.2. The van der Waals surface area contributed by atoms with Gasteiger partial charge in [-0.05, 0) is 41.6 Å². The zero-order valence-electron chi connectivity index (χ0n) is 14.3. The molecule has 8 nitrogen and oxygen atoms in total. The molecule has 0 saturated carbocycles. The first-order valence-corrected chi connectivity index (χ1v) is 9.36. The third-order valence-corrected chi connectivity index (χ3v) is 5.10. The van der Waals surface area contributed by atoms with E-state index in [9.17, 15) is 21.6 Å². The van der Waals surface area contributed by atoms with Crippen LogP contribution in [-0.4, -0.2) is 35.0 Å². The molecule has 3 aromatic rings. The summed E-state index contributed by atoms with van der Waals surface area (Å²) in [5.74, 6) is -0.436. The highest BCUT2D eigenvalue weighted by Gasteiger charge is 2.32. The van der Waals surface area contributed by atoms with E-state index < -0.39 is 28.2 Å². The van der Waals surface area contributed by atoms with Crippen LogP contribution in [0.25, 0.3) is 5.69 Å². The molecule has 0 fully saturated rings. The van der Waals surface area contributed by atoms with Crippen molar-refractivity contribution in [2.24, 2.45) is 0 Å². The standard InChI is InChI=1S/C16H14F3N5O3S/c1-11(15-20-22-23-24(15)12-6-3-2-4-7-12)21-28(25,26)14-9-5-8-13(10-14)27-16(17,18)19/h2-11,21H,1H3. The Labute approximate surface area is 158 Å². The quantitative estimate of drug-likeness (QED) is 0.667. The largest absolute Gasteiger partial charge is 0.573 e. The molecule has 0 radical (unpaired) electrons. The summed E-state index contributed by atoms with van der Waals surface area (Å²) in [6, 6.07) is 12.0. The normalized spacial score (nSPS) is 13.3. The van der Waals surface area contributed by atoms with Gasteiger partial charge in [-0.2, -0.15) is 4.68 Å². The topological polar surface area (TPSA) is 99.0 Å². The summed E-state index contributed by atoms with van der Waals surface area (Å²) in [5.41, 5.74) is 0.620. The van der Waals surface area contributed by atoms with Gasteiger partial charge in [-0.15, -0.1) is 18.3 Å². The van der Waals surface area contributed by atoms with Crippen LogP contribution in [0.2, 0.25) is 0 Å². The van der Waals surface area contributed by atoms with Crippen molar-refractivity contribution < 1.29 is 26.3 Å². The number of rotatable bonds is 6. The van der Waals surface area contributed by atoms with Crippen molar-refractivity contribution >= 4 is 10.0 Å². The van der Waals surface area contributed by atoms with Gasteiger partial charge in [0.2, 0.25) is 10.0 Å². The summed E-state index contributed by atoms with van der Waals surface area (Å²) in [4.78, 5) is -0.389. The van der Waals surface area contributed by atoms with Crippen molar-refractivity contribution in [3.8, 4) is 11.4 Å². The summed E-state index contributed by atoms with van der Waals surface area (Å²) in [7, 11) is -4.17. The summed E-state index contributed by atoms with van der Waals surface area (Å²) < 4.78 is 69.7. The van der Waals surface area contributed by atoms with Gasteiger partial charge in [0.25, 0.3) is 0 Å². The van der Waals surface area contributed by atoms with Gasteiger partial charge in [-0.3, -0.25) is 0 Å². The fraction of sp³-hybridized carbons (Fsp3) is 0.188. The Kier molecular flexibility index (Phi) is 5.34. The summed E-state index contributed by atoms with van der Waals surface area (Å²) in [6.45, 7) is 1.51. The Morgan fingerprint density at radius 1 is 1.11 bits per heavy atom. The van der Waals surface area contributed by atoms with Gasteiger partial charge in [-0.25, -0.2) is 13.1 Å². The van der Waals surface area contributed by atoms with Crippen LogP contribution in [0, 0.1) is 0 Å². The highest BCUT2D eigenvalue weighted by molar-refractivity contribution is 7.89. The summed E-state index contributed by atoms with van der Waals surface area (Å²) in [5, 5.41) is 11.2. The molecule has 0 bridgehead atoms. The third-order valence-electron chi connectivity index (χ3n) is 3.56. The molecule has 12 heteroatoms. The number of para-hydroxylation sites is 1. The maximum atomic E-state index is 12.6. The lowest BCUT2D eigenvalue weighted by molar-refractivity contribution is -0.274. The molecule has 1 aromatic heterocycles. The number of ether oxygens (including phenoxy) is 1. The molecule has 0 amide bonds. The van der Waals surface area contributed by atoms with Gasteiger partial charge in [0.15, 0.2) is 5.82 Å². The van der Waals surface area contributed by atoms with Crippen molar-refractivity contribution in [2.75, 3.05) is 0 Å². The van der Waals surface area contributed by atoms with Gasteiger partial charge in [0.05, 0.1) is 16.6 Å². The number of hydrogen-bond acceptors (Lipinski definition) is 6. The van der Waals surface area contributed by atoms with Crippen molar-refractivity contribution in [3.05, 3.63) is 60.4 Å². The number of alkyl halides is 3. The summed E-state index contributed by atoms with van der Waals surface area (Å²) in [6.07, 6.45) is -4.93. The number of sulfonamides is 1. The molecule has 0 aliphatic heterocycles. The minimum Gasteiger partial charge on any atom is -0.406 e. The Morgan fingerprint density at radius 3 is 2.50 bits per heavy atom.